The summed E-state index contributed by atoms with van der Waals surface area (Å²) in [6.07, 6.45) is -4.67. The van der Waals surface area contributed by atoms with Crippen molar-refractivity contribution in [3.63, 3.8) is 0 Å². The van der Waals surface area contributed by atoms with Gasteiger partial charge in [0.25, 0.3) is 5.24 Å². The van der Waals surface area contributed by atoms with Crippen molar-refractivity contribution in [3.8, 4) is 6.07 Å². The van der Waals surface area contributed by atoms with Gasteiger partial charge in [-0.3, -0.25) is 4.79 Å². The summed E-state index contributed by atoms with van der Waals surface area (Å²) >= 11 is 6.63. The lowest BCUT2D eigenvalue weighted by atomic mass is 10.0. The molecule has 0 atom stereocenters. The van der Waals surface area contributed by atoms with E-state index in [1.165, 1.54) is 0 Å². The molecule has 0 amide bonds. The van der Waals surface area contributed by atoms with Crippen LogP contribution in [0.2, 0.25) is 0 Å². The number of nitriles is 1. The number of nitrogens with zero attached hydrogens (tertiary/aromatic N) is 1. The van der Waals surface area contributed by atoms with Crippen molar-refractivity contribution in [2.24, 2.45) is 0 Å². The van der Waals surface area contributed by atoms with Crippen LogP contribution in [0.5, 0.6) is 0 Å². The average Bonchev–Trinajstić information content (AvgIpc) is 2.15. The molecule has 0 N–H and O–H groups in total. The lowest BCUT2D eigenvalue weighted by Gasteiger charge is -2.11. The highest BCUT2D eigenvalue weighted by Crippen LogP contribution is 2.34. The quantitative estimate of drug-likeness (QED) is 0.568. The van der Waals surface area contributed by atoms with Gasteiger partial charge in [-0.2, -0.15) is 18.4 Å². The summed E-state index contributed by atoms with van der Waals surface area (Å²) in [5, 5.41) is 7.39. The lowest BCUT2D eigenvalue weighted by Crippen LogP contribution is -2.12. The van der Waals surface area contributed by atoms with Crippen LogP contribution in [-0.2, 0) is 6.18 Å². The first kappa shape index (κ1) is 13.3. The maximum Gasteiger partial charge on any atom is 0.417 e. The third kappa shape index (κ3) is 2.65. The minimum atomic E-state index is -4.67. The van der Waals surface area contributed by atoms with Crippen molar-refractivity contribution >= 4 is 39.4 Å². The molecule has 16 heavy (non-hydrogen) atoms. The Morgan fingerprint density at radius 1 is 1.44 bits per heavy atom. The molecular formula is C9H2ClF3INO. The van der Waals surface area contributed by atoms with Gasteiger partial charge < -0.3 is 0 Å². The van der Waals surface area contributed by atoms with Crippen LogP contribution in [0.25, 0.3) is 0 Å². The fraction of sp³-hybridized carbons (Fsp3) is 0.111. The van der Waals surface area contributed by atoms with Gasteiger partial charge in [-0.1, -0.05) is 0 Å². The summed E-state index contributed by atoms with van der Waals surface area (Å²) in [4.78, 5) is 10.8. The second kappa shape index (κ2) is 4.59. The van der Waals surface area contributed by atoms with E-state index in [0.717, 1.165) is 12.1 Å². The van der Waals surface area contributed by atoms with E-state index >= 15 is 0 Å². The zero-order valence-electron chi connectivity index (χ0n) is 7.40. The molecule has 0 saturated heterocycles. The van der Waals surface area contributed by atoms with Crippen molar-refractivity contribution in [2.45, 2.75) is 6.18 Å². The monoisotopic (exact) mass is 359 g/mol. The molecule has 0 bridgehead atoms. The van der Waals surface area contributed by atoms with E-state index in [4.69, 9.17) is 16.9 Å². The molecule has 0 radical (unpaired) electrons. The molecule has 1 aromatic carbocycles. The maximum absolute atomic E-state index is 12.5. The van der Waals surface area contributed by atoms with Crippen molar-refractivity contribution in [1.29, 1.82) is 5.26 Å². The fourth-order valence-corrected chi connectivity index (χ4v) is 1.80. The standard InChI is InChI=1S/C9H2ClF3INO/c10-8(16)5-1-4(3-15)7(14)2-6(5)9(11,12)13/h1-2H. The third-order valence-electron chi connectivity index (χ3n) is 1.74. The van der Waals surface area contributed by atoms with Gasteiger partial charge in [0, 0.05) is 9.13 Å². The zero-order chi connectivity index (χ0) is 12.5. The van der Waals surface area contributed by atoms with Gasteiger partial charge in [-0.15, -0.1) is 0 Å². The first-order valence-corrected chi connectivity index (χ1v) is 5.23. The molecule has 1 rings (SSSR count). The molecule has 0 aliphatic rings. The van der Waals surface area contributed by atoms with E-state index in [9.17, 15) is 18.0 Å². The van der Waals surface area contributed by atoms with Gasteiger partial charge in [0.05, 0.1) is 11.1 Å². The molecule has 0 saturated carbocycles. The molecule has 2 nitrogen and oxygen atoms in total. The molecule has 84 valence electrons. The summed E-state index contributed by atoms with van der Waals surface area (Å²) in [5.41, 5.74) is -1.85. The lowest BCUT2D eigenvalue weighted by molar-refractivity contribution is -0.137. The number of benzene rings is 1. The predicted molar refractivity (Wildman–Crippen MR) is 59.1 cm³/mol. The minimum absolute atomic E-state index is 0.0161. The Balaban J connectivity index is 3.57. The van der Waals surface area contributed by atoms with E-state index in [1.807, 2.05) is 0 Å². The Hall–Kier alpha value is -0.810. The number of carbonyl (C=O) groups excluding carboxylic acids is 1. The highest BCUT2D eigenvalue weighted by molar-refractivity contribution is 14.1. The Kier molecular flexibility index (Phi) is 3.80. The number of hydrogen-bond acceptors (Lipinski definition) is 2. The van der Waals surface area contributed by atoms with Crippen LogP contribution in [0.3, 0.4) is 0 Å². The van der Waals surface area contributed by atoms with Crippen molar-refractivity contribution in [2.75, 3.05) is 0 Å². The van der Waals surface area contributed by atoms with Crippen LogP contribution < -0.4 is 0 Å². The Labute approximate surface area is 107 Å². The molecule has 0 aromatic heterocycles. The smallest absolute Gasteiger partial charge is 0.276 e. The molecule has 1 aromatic rings. The van der Waals surface area contributed by atoms with Crippen LogP contribution in [-0.4, -0.2) is 5.24 Å². The third-order valence-corrected chi connectivity index (χ3v) is 2.84. The van der Waals surface area contributed by atoms with Crippen LogP contribution in [0, 0.1) is 14.9 Å². The summed E-state index contributed by atoms with van der Waals surface area (Å²) in [6, 6.07) is 3.26. The summed E-state index contributed by atoms with van der Waals surface area (Å²) < 4.78 is 37.7. The van der Waals surface area contributed by atoms with Crippen LogP contribution in [0.15, 0.2) is 12.1 Å². The normalized spacial score (nSPS) is 11.0. The van der Waals surface area contributed by atoms with E-state index in [-0.39, 0.29) is 9.13 Å². The highest BCUT2D eigenvalue weighted by atomic mass is 127. The van der Waals surface area contributed by atoms with Crippen LogP contribution in [0.1, 0.15) is 21.5 Å². The Morgan fingerprint density at radius 2 is 2.00 bits per heavy atom. The summed E-state index contributed by atoms with van der Waals surface area (Å²) in [6.45, 7) is 0. The largest absolute Gasteiger partial charge is 0.417 e. The van der Waals surface area contributed by atoms with E-state index in [2.05, 4.69) is 0 Å². The fourth-order valence-electron chi connectivity index (χ4n) is 1.06. The first-order chi connectivity index (χ1) is 7.27. The van der Waals surface area contributed by atoms with Crippen molar-refractivity contribution in [1.82, 2.24) is 0 Å². The van der Waals surface area contributed by atoms with E-state index < -0.39 is 22.5 Å². The number of carbonyl (C=O) groups is 1. The van der Waals surface area contributed by atoms with Crippen LogP contribution in [0.4, 0.5) is 13.2 Å². The molecule has 0 aliphatic carbocycles. The summed E-state index contributed by atoms with van der Waals surface area (Å²) in [7, 11) is 0. The number of rotatable bonds is 1. The maximum atomic E-state index is 12.5. The Bertz CT molecular complexity index is 493. The van der Waals surface area contributed by atoms with Gasteiger partial charge in [-0.25, -0.2) is 0 Å². The molecule has 0 unspecified atom stereocenters. The van der Waals surface area contributed by atoms with Crippen molar-refractivity contribution < 1.29 is 18.0 Å². The average molecular weight is 359 g/mol. The second-order valence-electron chi connectivity index (χ2n) is 2.76. The number of hydrogen-bond donors (Lipinski definition) is 0. The Morgan fingerprint density at radius 3 is 2.38 bits per heavy atom. The van der Waals surface area contributed by atoms with Gasteiger partial charge in [0.1, 0.15) is 6.07 Å². The number of halogens is 5. The van der Waals surface area contributed by atoms with Gasteiger partial charge >= 0.3 is 6.18 Å². The minimum Gasteiger partial charge on any atom is -0.276 e. The predicted octanol–water partition coefficient (Wildman–Crippen LogP) is 3.56. The molecular weight excluding hydrogens is 357 g/mol. The van der Waals surface area contributed by atoms with E-state index in [0.29, 0.717) is 0 Å². The van der Waals surface area contributed by atoms with E-state index in [1.54, 1.807) is 28.7 Å². The molecule has 0 aliphatic heterocycles. The second-order valence-corrected chi connectivity index (χ2v) is 4.27. The van der Waals surface area contributed by atoms with Gasteiger partial charge in [-0.05, 0) is 46.3 Å². The molecule has 0 heterocycles. The van der Waals surface area contributed by atoms with Crippen molar-refractivity contribution in [3.05, 3.63) is 32.4 Å². The van der Waals surface area contributed by atoms with Gasteiger partial charge in [0.15, 0.2) is 0 Å². The van der Waals surface area contributed by atoms with Crippen LogP contribution >= 0.6 is 34.2 Å². The summed E-state index contributed by atoms with van der Waals surface area (Å²) in [5.74, 6) is 0. The molecule has 0 fully saturated rings. The SMILES string of the molecule is N#Cc1cc(C(=O)Cl)c(C(F)(F)F)cc1I. The molecule has 7 heteroatoms. The van der Waals surface area contributed by atoms with Gasteiger partial charge in [0.2, 0.25) is 0 Å². The zero-order valence-corrected chi connectivity index (χ0v) is 10.3. The number of alkyl halides is 3. The molecule has 0 spiro atoms. The highest BCUT2D eigenvalue weighted by Gasteiger charge is 2.35. The first-order valence-electron chi connectivity index (χ1n) is 3.78. The topological polar surface area (TPSA) is 40.9 Å².